The molecule has 0 bridgehead atoms. The average Bonchev–Trinajstić information content (AvgIpc) is 3.04. The first-order chi connectivity index (χ1) is 11.4. The van der Waals surface area contributed by atoms with Crippen molar-refractivity contribution < 1.29 is 29.3 Å². The Morgan fingerprint density at radius 3 is 2.46 bits per heavy atom. The summed E-state index contributed by atoms with van der Waals surface area (Å²) in [6.07, 6.45) is 0.560. The van der Waals surface area contributed by atoms with Gasteiger partial charge in [-0.1, -0.05) is 5.21 Å². The van der Waals surface area contributed by atoms with Gasteiger partial charge in [0.05, 0.1) is 25.4 Å². The number of hydrogen-bond donors (Lipinski definition) is 3. The number of nitrogens with zero attached hydrogens (tertiary/aromatic N) is 3. The number of methoxy groups -OCH3 is 1. The van der Waals surface area contributed by atoms with Crippen molar-refractivity contribution in [2.24, 2.45) is 0 Å². The predicted molar refractivity (Wildman–Crippen MR) is 79.1 cm³/mol. The van der Waals surface area contributed by atoms with Gasteiger partial charge in [0.15, 0.2) is 5.69 Å². The quantitative estimate of drug-likeness (QED) is 0.638. The maximum absolute atomic E-state index is 12.0. The molecule has 1 aromatic heterocycles. The first-order valence-corrected chi connectivity index (χ1v) is 6.73. The normalized spacial score (nSPS) is 11.5. The Morgan fingerprint density at radius 2 is 1.92 bits per heavy atom. The van der Waals surface area contributed by atoms with Crippen LogP contribution in [0, 0.1) is 0 Å². The molecule has 10 nitrogen and oxygen atoms in total. The monoisotopic (exact) mass is 334 g/mol. The summed E-state index contributed by atoms with van der Waals surface area (Å²) in [5, 5.41) is 27.1. The van der Waals surface area contributed by atoms with E-state index >= 15 is 0 Å². The molecule has 1 atom stereocenters. The van der Waals surface area contributed by atoms with E-state index in [9.17, 15) is 14.4 Å². The Morgan fingerprint density at radius 1 is 1.25 bits per heavy atom. The SMILES string of the molecule is COc1ccc(-n2cc(C(=O)NC(CC(=O)O)C(=O)O)nn2)cc1. The highest BCUT2D eigenvalue weighted by atomic mass is 16.5. The molecule has 1 unspecified atom stereocenters. The number of carbonyl (C=O) groups is 3. The van der Waals surface area contributed by atoms with Crippen LogP contribution < -0.4 is 10.1 Å². The molecule has 0 saturated heterocycles. The number of aromatic nitrogens is 3. The highest BCUT2D eigenvalue weighted by Gasteiger charge is 2.24. The van der Waals surface area contributed by atoms with Crippen molar-refractivity contribution in [2.45, 2.75) is 12.5 Å². The molecular weight excluding hydrogens is 320 g/mol. The molecule has 0 aliphatic rings. The lowest BCUT2D eigenvalue weighted by Gasteiger charge is -2.10. The Labute approximate surface area is 135 Å². The van der Waals surface area contributed by atoms with E-state index in [4.69, 9.17) is 14.9 Å². The van der Waals surface area contributed by atoms with Crippen molar-refractivity contribution in [3.63, 3.8) is 0 Å². The smallest absolute Gasteiger partial charge is 0.326 e. The maximum Gasteiger partial charge on any atom is 0.326 e. The van der Waals surface area contributed by atoms with Crippen LogP contribution in [0.3, 0.4) is 0 Å². The number of hydrogen-bond acceptors (Lipinski definition) is 6. The van der Waals surface area contributed by atoms with Crippen molar-refractivity contribution in [2.75, 3.05) is 7.11 Å². The molecule has 10 heteroatoms. The predicted octanol–water partition coefficient (Wildman–Crippen LogP) is -0.0664. The summed E-state index contributed by atoms with van der Waals surface area (Å²) >= 11 is 0. The summed E-state index contributed by atoms with van der Waals surface area (Å²) < 4.78 is 6.35. The van der Waals surface area contributed by atoms with Gasteiger partial charge in [0.2, 0.25) is 0 Å². The lowest BCUT2D eigenvalue weighted by molar-refractivity contribution is -0.145. The highest BCUT2D eigenvalue weighted by molar-refractivity contribution is 5.95. The molecule has 1 amide bonds. The third-order valence-electron chi connectivity index (χ3n) is 3.05. The number of carbonyl (C=O) groups excluding carboxylic acids is 1. The molecule has 1 heterocycles. The van der Waals surface area contributed by atoms with E-state index in [0.717, 1.165) is 0 Å². The Balaban J connectivity index is 2.12. The number of carboxylic acid groups (broad SMARTS) is 2. The van der Waals surface area contributed by atoms with Crippen LogP contribution in [0.15, 0.2) is 30.5 Å². The zero-order valence-corrected chi connectivity index (χ0v) is 12.5. The largest absolute Gasteiger partial charge is 0.497 e. The lowest BCUT2D eigenvalue weighted by atomic mass is 10.2. The van der Waals surface area contributed by atoms with Gasteiger partial charge in [0.1, 0.15) is 11.8 Å². The summed E-state index contributed by atoms with van der Waals surface area (Å²) in [5.41, 5.74) is 0.477. The molecule has 0 radical (unpaired) electrons. The fourth-order valence-electron chi connectivity index (χ4n) is 1.84. The molecule has 0 aliphatic carbocycles. The van der Waals surface area contributed by atoms with E-state index in [1.807, 2.05) is 0 Å². The van der Waals surface area contributed by atoms with Crippen LogP contribution in [0.1, 0.15) is 16.9 Å². The van der Waals surface area contributed by atoms with Gasteiger partial charge in [0.25, 0.3) is 5.91 Å². The van der Waals surface area contributed by atoms with Gasteiger partial charge < -0.3 is 20.3 Å². The Kier molecular flexibility index (Phi) is 5.09. The molecule has 0 fully saturated rings. The van der Waals surface area contributed by atoms with Crippen LogP contribution in [0.5, 0.6) is 5.75 Å². The number of carboxylic acids is 2. The maximum atomic E-state index is 12.0. The molecule has 3 N–H and O–H groups in total. The number of rotatable bonds is 7. The zero-order chi connectivity index (χ0) is 17.7. The molecule has 0 aliphatic heterocycles. The van der Waals surface area contributed by atoms with E-state index in [1.165, 1.54) is 18.0 Å². The first-order valence-electron chi connectivity index (χ1n) is 6.73. The topological polar surface area (TPSA) is 144 Å². The molecular formula is C14H14N4O6. The summed E-state index contributed by atoms with van der Waals surface area (Å²) in [4.78, 5) is 33.6. The van der Waals surface area contributed by atoms with Gasteiger partial charge in [-0.3, -0.25) is 9.59 Å². The minimum atomic E-state index is -1.55. The summed E-state index contributed by atoms with van der Waals surface area (Å²) in [5.74, 6) is -2.98. The van der Waals surface area contributed by atoms with Crippen LogP contribution in [-0.2, 0) is 9.59 Å². The van der Waals surface area contributed by atoms with Crippen molar-refractivity contribution in [3.05, 3.63) is 36.2 Å². The van der Waals surface area contributed by atoms with Gasteiger partial charge in [-0.2, -0.15) is 0 Å². The van der Waals surface area contributed by atoms with Crippen molar-refractivity contribution in [1.82, 2.24) is 20.3 Å². The molecule has 2 rings (SSSR count). The minimum absolute atomic E-state index is 0.137. The second-order valence-corrected chi connectivity index (χ2v) is 4.71. The molecule has 1 aromatic carbocycles. The highest BCUT2D eigenvalue weighted by Crippen LogP contribution is 2.14. The van der Waals surface area contributed by atoms with Crippen molar-refractivity contribution >= 4 is 17.8 Å². The molecule has 24 heavy (non-hydrogen) atoms. The number of amides is 1. The first kappa shape index (κ1) is 16.9. The van der Waals surface area contributed by atoms with E-state index in [2.05, 4.69) is 15.6 Å². The van der Waals surface area contributed by atoms with E-state index < -0.39 is 30.3 Å². The molecule has 2 aromatic rings. The van der Waals surface area contributed by atoms with Gasteiger partial charge in [-0.05, 0) is 24.3 Å². The Bertz CT molecular complexity index is 755. The van der Waals surface area contributed by atoms with Crippen molar-refractivity contribution in [3.8, 4) is 11.4 Å². The van der Waals surface area contributed by atoms with Crippen LogP contribution in [0.4, 0.5) is 0 Å². The zero-order valence-electron chi connectivity index (χ0n) is 12.5. The number of benzene rings is 1. The summed E-state index contributed by atoms with van der Waals surface area (Å²) in [6, 6.07) is 5.23. The van der Waals surface area contributed by atoms with E-state index in [0.29, 0.717) is 11.4 Å². The van der Waals surface area contributed by atoms with Crippen LogP contribution >= 0.6 is 0 Å². The molecule has 0 saturated carbocycles. The van der Waals surface area contributed by atoms with Gasteiger partial charge in [-0.25, -0.2) is 9.48 Å². The van der Waals surface area contributed by atoms with Gasteiger partial charge >= 0.3 is 11.9 Å². The minimum Gasteiger partial charge on any atom is -0.497 e. The second-order valence-electron chi connectivity index (χ2n) is 4.71. The standard InChI is InChI=1S/C14H14N4O6/c1-24-9-4-2-8(3-5-9)18-7-11(16-17-18)13(21)15-10(14(22)23)6-12(19)20/h2-5,7,10H,6H2,1H3,(H,15,21)(H,19,20)(H,22,23). The third-order valence-corrected chi connectivity index (χ3v) is 3.05. The Hall–Kier alpha value is -3.43. The number of nitrogens with one attached hydrogen (secondary N) is 1. The molecule has 126 valence electrons. The van der Waals surface area contributed by atoms with Crippen LogP contribution in [-0.4, -0.2) is 56.2 Å². The summed E-state index contributed by atoms with van der Waals surface area (Å²) in [6.45, 7) is 0. The number of aliphatic carboxylic acids is 2. The fraction of sp³-hybridized carbons (Fsp3) is 0.214. The fourth-order valence-corrected chi connectivity index (χ4v) is 1.84. The summed E-state index contributed by atoms with van der Waals surface area (Å²) in [7, 11) is 1.53. The third kappa shape index (κ3) is 4.06. The van der Waals surface area contributed by atoms with E-state index in [1.54, 1.807) is 24.3 Å². The molecule has 0 spiro atoms. The van der Waals surface area contributed by atoms with Crippen LogP contribution in [0.2, 0.25) is 0 Å². The van der Waals surface area contributed by atoms with Crippen LogP contribution in [0.25, 0.3) is 5.69 Å². The second kappa shape index (κ2) is 7.22. The van der Waals surface area contributed by atoms with Gasteiger partial charge in [-0.15, -0.1) is 5.10 Å². The average molecular weight is 334 g/mol. The van der Waals surface area contributed by atoms with E-state index in [-0.39, 0.29) is 5.69 Å². The van der Waals surface area contributed by atoms with Gasteiger partial charge in [0, 0.05) is 0 Å². The number of ether oxygens (including phenoxy) is 1. The van der Waals surface area contributed by atoms with Crippen molar-refractivity contribution in [1.29, 1.82) is 0 Å². The lowest BCUT2D eigenvalue weighted by Crippen LogP contribution is -2.42.